The fraction of sp³-hybridized carbons (Fsp3) is 0.250. The molecule has 0 unspecified atom stereocenters. The van der Waals surface area contributed by atoms with Gasteiger partial charge in [-0.3, -0.25) is 9.59 Å². The Morgan fingerprint density at radius 3 is 2.58 bits per heavy atom. The molecule has 0 radical (unpaired) electrons. The van der Waals surface area contributed by atoms with Crippen LogP contribution in [0.4, 0.5) is 0 Å². The molecular formula is C12H10Br2N2O3. The van der Waals surface area contributed by atoms with Crippen molar-refractivity contribution >= 4 is 44.1 Å². The van der Waals surface area contributed by atoms with Crippen molar-refractivity contribution in [2.75, 3.05) is 13.2 Å². The number of nitrogens with one attached hydrogen (secondary N) is 1. The van der Waals surface area contributed by atoms with E-state index in [1.54, 1.807) is 12.1 Å². The van der Waals surface area contributed by atoms with Gasteiger partial charge in [0.15, 0.2) is 6.61 Å². The molecular weight excluding hydrogens is 380 g/mol. The zero-order valence-electron chi connectivity index (χ0n) is 9.78. The summed E-state index contributed by atoms with van der Waals surface area (Å²) in [5, 5.41) is 10.9. The van der Waals surface area contributed by atoms with E-state index in [0.29, 0.717) is 33.1 Å². The number of carbonyl (C=O) groups is 2. The Morgan fingerprint density at radius 2 is 2.05 bits per heavy atom. The van der Waals surface area contributed by atoms with Crippen molar-refractivity contribution in [1.82, 2.24) is 5.32 Å². The number of benzene rings is 1. The number of amides is 1. The Kier molecular flexibility index (Phi) is 6.53. The van der Waals surface area contributed by atoms with E-state index < -0.39 is 0 Å². The van der Waals surface area contributed by atoms with E-state index in [0.717, 1.165) is 0 Å². The van der Waals surface area contributed by atoms with E-state index in [1.807, 2.05) is 6.07 Å². The Labute approximate surface area is 127 Å². The normalized spacial score (nSPS) is 9.53. The lowest BCUT2D eigenvalue weighted by Crippen LogP contribution is -2.29. The van der Waals surface area contributed by atoms with Crippen LogP contribution in [0.2, 0.25) is 0 Å². The number of rotatable bonds is 6. The standard InChI is InChI=1S/C12H10Br2N2O3/c13-9-4-8(6-17)5-10(14)12(9)19-7-11(18)16-3-1-2-15/h4-6H,1,3,7H2,(H,16,18). The smallest absolute Gasteiger partial charge is 0.257 e. The monoisotopic (exact) mass is 388 g/mol. The summed E-state index contributed by atoms with van der Waals surface area (Å²) in [5.41, 5.74) is 0.490. The third kappa shape index (κ3) is 5.01. The SMILES string of the molecule is N#CCCNC(=O)COc1c(Br)cc(C=O)cc1Br. The molecule has 5 nitrogen and oxygen atoms in total. The number of hydrogen-bond donors (Lipinski definition) is 1. The molecule has 1 rings (SSSR count). The van der Waals surface area contributed by atoms with Gasteiger partial charge < -0.3 is 10.1 Å². The summed E-state index contributed by atoms with van der Waals surface area (Å²) in [6.45, 7) is 0.133. The minimum atomic E-state index is -0.312. The predicted molar refractivity (Wildman–Crippen MR) is 76.0 cm³/mol. The zero-order chi connectivity index (χ0) is 14.3. The second kappa shape index (κ2) is 7.92. The van der Waals surface area contributed by atoms with Gasteiger partial charge >= 0.3 is 0 Å². The lowest BCUT2D eigenvalue weighted by molar-refractivity contribution is -0.123. The molecule has 1 aromatic rings. The first-order valence-electron chi connectivity index (χ1n) is 5.29. The van der Waals surface area contributed by atoms with Gasteiger partial charge in [0.2, 0.25) is 0 Å². The van der Waals surface area contributed by atoms with Gasteiger partial charge in [-0.25, -0.2) is 0 Å². The van der Waals surface area contributed by atoms with Crippen LogP contribution in [0.5, 0.6) is 5.75 Å². The lowest BCUT2D eigenvalue weighted by Gasteiger charge is -2.10. The molecule has 7 heteroatoms. The maximum atomic E-state index is 11.4. The molecule has 0 heterocycles. The first-order chi connectivity index (χ1) is 9.08. The van der Waals surface area contributed by atoms with E-state index in [9.17, 15) is 9.59 Å². The number of hydrogen-bond acceptors (Lipinski definition) is 4. The third-order valence-electron chi connectivity index (χ3n) is 2.06. The highest BCUT2D eigenvalue weighted by molar-refractivity contribution is 9.11. The molecule has 1 amide bonds. The van der Waals surface area contributed by atoms with Crippen LogP contribution >= 0.6 is 31.9 Å². The molecule has 0 atom stereocenters. The topological polar surface area (TPSA) is 79.2 Å². The molecule has 0 aliphatic heterocycles. The summed E-state index contributed by atoms with van der Waals surface area (Å²) >= 11 is 6.53. The zero-order valence-corrected chi connectivity index (χ0v) is 13.0. The van der Waals surface area contributed by atoms with E-state index in [2.05, 4.69) is 37.2 Å². The third-order valence-corrected chi connectivity index (χ3v) is 3.24. The largest absolute Gasteiger partial charge is 0.481 e. The summed E-state index contributed by atoms with van der Waals surface area (Å²) in [5.74, 6) is 0.134. The number of halogens is 2. The van der Waals surface area contributed by atoms with Crippen LogP contribution < -0.4 is 10.1 Å². The maximum absolute atomic E-state index is 11.4. The van der Waals surface area contributed by atoms with Crippen molar-refractivity contribution in [2.45, 2.75) is 6.42 Å². The Balaban J connectivity index is 2.61. The number of ether oxygens (including phenoxy) is 1. The molecule has 0 aliphatic rings. The Morgan fingerprint density at radius 1 is 1.42 bits per heavy atom. The summed E-state index contributed by atoms with van der Waals surface area (Å²) in [7, 11) is 0. The fourth-order valence-electron chi connectivity index (χ4n) is 1.23. The molecule has 0 aromatic heterocycles. The highest BCUT2D eigenvalue weighted by atomic mass is 79.9. The molecule has 0 bridgehead atoms. The predicted octanol–water partition coefficient (Wildman–Crippen LogP) is 2.43. The van der Waals surface area contributed by atoms with Crippen molar-refractivity contribution < 1.29 is 14.3 Å². The van der Waals surface area contributed by atoms with Gasteiger partial charge in [0.25, 0.3) is 5.91 Å². The van der Waals surface area contributed by atoms with Crippen molar-refractivity contribution in [1.29, 1.82) is 5.26 Å². The first kappa shape index (κ1) is 15.7. The molecule has 1 aromatic carbocycles. The van der Waals surface area contributed by atoms with Crippen LogP contribution in [-0.2, 0) is 4.79 Å². The maximum Gasteiger partial charge on any atom is 0.257 e. The van der Waals surface area contributed by atoms with Crippen LogP contribution in [0, 0.1) is 11.3 Å². The minimum Gasteiger partial charge on any atom is -0.481 e. The second-order valence-corrected chi connectivity index (χ2v) is 5.19. The fourth-order valence-corrected chi connectivity index (χ4v) is 2.68. The van der Waals surface area contributed by atoms with Crippen molar-refractivity contribution in [3.63, 3.8) is 0 Å². The van der Waals surface area contributed by atoms with Crippen LogP contribution in [0.1, 0.15) is 16.8 Å². The van der Waals surface area contributed by atoms with Crippen molar-refractivity contribution in [3.05, 3.63) is 26.6 Å². The number of carbonyl (C=O) groups excluding carboxylic acids is 2. The summed E-state index contributed by atoms with van der Waals surface area (Å²) < 4.78 is 6.51. The van der Waals surface area contributed by atoms with Gasteiger partial charge in [0.05, 0.1) is 21.4 Å². The Bertz CT molecular complexity index is 503. The summed E-state index contributed by atoms with van der Waals surface area (Å²) in [4.78, 5) is 22.1. The highest BCUT2D eigenvalue weighted by Gasteiger charge is 2.10. The van der Waals surface area contributed by atoms with Crippen LogP contribution in [0.3, 0.4) is 0 Å². The average Bonchev–Trinajstić information content (AvgIpc) is 2.37. The molecule has 0 fully saturated rings. The molecule has 100 valence electrons. The second-order valence-electron chi connectivity index (χ2n) is 3.48. The number of aldehydes is 1. The van der Waals surface area contributed by atoms with Gasteiger partial charge in [0, 0.05) is 12.1 Å². The van der Waals surface area contributed by atoms with Gasteiger partial charge in [-0.15, -0.1) is 0 Å². The van der Waals surface area contributed by atoms with E-state index in [1.165, 1.54) is 0 Å². The van der Waals surface area contributed by atoms with Crippen LogP contribution in [0.15, 0.2) is 21.1 Å². The van der Waals surface area contributed by atoms with E-state index >= 15 is 0 Å². The molecule has 0 spiro atoms. The van der Waals surface area contributed by atoms with E-state index in [-0.39, 0.29) is 18.9 Å². The van der Waals surface area contributed by atoms with Gasteiger partial charge in [-0.05, 0) is 44.0 Å². The summed E-state index contributed by atoms with van der Waals surface area (Å²) in [6, 6.07) is 5.12. The average molecular weight is 390 g/mol. The quantitative estimate of drug-likeness (QED) is 0.598. The first-order valence-corrected chi connectivity index (χ1v) is 6.87. The molecule has 0 aliphatic carbocycles. The highest BCUT2D eigenvalue weighted by Crippen LogP contribution is 2.34. The van der Waals surface area contributed by atoms with Crippen molar-refractivity contribution in [3.8, 4) is 11.8 Å². The molecule has 0 saturated heterocycles. The lowest BCUT2D eigenvalue weighted by atomic mass is 10.2. The Hall–Kier alpha value is -1.39. The number of nitrogens with zero attached hydrogens (tertiary/aromatic N) is 1. The minimum absolute atomic E-state index is 0.164. The van der Waals surface area contributed by atoms with E-state index in [4.69, 9.17) is 10.00 Å². The summed E-state index contributed by atoms with van der Waals surface area (Å²) in [6.07, 6.45) is 0.973. The van der Waals surface area contributed by atoms with Gasteiger partial charge in [-0.1, -0.05) is 0 Å². The molecule has 19 heavy (non-hydrogen) atoms. The van der Waals surface area contributed by atoms with Crippen LogP contribution in [0.25, 0.3) is 0 Å². The van der Waals surface area contributed by atoms with Crippen molar-refractivity contribution in [2.24, 2.45) is 0 Å². The number of nitriles is 1. The molecule has 0 saturated carbocycles. The van der Waals surface area contributed by atoms with Gasteiger partial charge in [-0.2, -0.15) is 5.26 Å². The van der Waals surface area contributed by atoms with Gasteiger partial charge in [0.1, 0.15) is 12.0 Å². The molecule has 1 N–H and O–H groups in total. The van der Waals surface area contributed by atoms with Crippen LogP contribution in [-0.4, -0.2) is 25.3 Å².